The van der Waals surface area contributed by atoms with Crippen molar-refractivity contribution in [1.29, 1.82) is 0 Å². The highest BCUT2D eigenvalue weighted by molar-refractivity contribution is 6.27. The van der Waals surface area contributed by atoms with Gasteiger partial charge in [-0.25, -0.2) is 0 Å². The van der Waals surface area contributed by atoms with Crippen LogP contribution in [-0.2, 0) is 0 Å². The second-order valence-corrected chi connectivity index (χ2v) is 11.7. The van der Waals surface area contributed by atoms with Crippen molar-refractivity contribution in [2.75, 3.05) is 0 Å². The summed E-state index contributed by atoms with van der Waals surface area (Å²) in [6.45, 7) is 0. The van der Waals surface area contributed by atoms with Gasteiger partial charge < -0.3 is 4.42 Å². The van der Waals surface area contributed by atoms with Gasteiger partial charge in [-0.15, -0.1) is 0 Å². The van der Waals surface area contributed by atoms with Crippen molar-refractivity contribution >= 4 is 75.8 Å². The number of hydrogen-bond acceptors (Lipinski definition) is 1. The highest BCUT2D eigenvalue weighted by atomic mass is 16.3. The molecule has 0 aliphatic rings. The Morgan fingerprint density at radius 1 is 0.326 bits per heavy atom. The number of benzene rings is 9. The molecule has 0 saturated heterocycles. The Kier molecular flexibility index (Phi) is 4.51. The molecule has 0 bridgehead atoms. The van der Waals surface area contributed by atoms with Gasteiger partial charge in [-0.05, 0) is 94.8 Å². The van der Waals surface area contributed by atoms with Gasteiger partial charge >= 0.3 is 0 Å². The second kappa shape index (κ2) is 8.44. The zero-order valence-electron chi connectivity index (χ0n) is 23.3. The minimum Gasteiger partial charge on any atom is -0.455 e. The van der Waals surface area contributed by atoms with Crippen LogP contribution in [0.5, 0.6) is 0 Å². The van der Waals surface area contributed by atoms with E-state index >= 15 is 0 Å². The Labute approximate surface area is 247 Å². The summed E-state index contributed by atoms with van der Waals surface area (Å²) in [6, 6.07) is 53.1. The summed E-state index contributed by atoms with van der Waals surface area (Å²) >= 11 is 0. The maximum atomic E-state index is 6.85. The Hall–Kier alpha value is -5.66. The lowest BCUT2D eigenvalue weighted by Gasteiger charge is -2.15. The minimum atomic E-state index is 0.918. The lowest BCUT2D eigenvalue weighted by atomic mass is 9.87. The van der Waals surface area contributed by atoms with Crippen LogP contribution in [0.25, 0.3) is 98.1 Å². The summed E-state index contributed by atoms with van der Waals surface area (Å²) in [5.74, 6) is 0. The summed E-state index contributed by atoms with van der Waals surface area (Å²) in [4.78, 5) is 0. The van der Waals surface area contributed by atoms with E-state index in [1.54, 1.807) is 0 Å². The summed E-state index contributed by atoms with van der Waals surface area (Å²) in [5, 5.41) is 15.0. The molecule has 0 unspecified atom stereocenters. The van der Waals surface area contributed by atoms with Crippen molar-refractivity contribution in [3.63, 3.8) is 0 Å². The van der Waals surface area contributed by atoms with E-state index in [-0.39, 0.29) is 0 Å². The van der Waals surface area contributed by atoms with Gasteiger partial charge in [0, 0.05) is 16.3 Å². The highest BCUT2D eigenvalue weighted by Crippen LogP contribution is 2.46. The van der Waals surface area contributed by atoms with E-state index in [1.807, 2.05) is 0 Å². The molecule has 0 spiro atoms. The van der Waals surface area contributed by atoms with Crippen LogP contribution in [-0.4, -0.2) is 0 Å². The SMILES string of the molecule is c1ccc2cc(-c3ccc(-c4ccc5ccc6cccc7ccc4c5c67)c4c3oc3cc5ccccc5cc34)ccc2c1. The molecule has 10 aromatic rings. The Morgan fingerprint density at radius 2 is 0.907 bits per heavy atom. The molecule has 1 aromatic heterocycles. The van der Waals surface area contributed by atoms with E-state index in [0.29, 0.717) is 0 Å². The first-order valence-electron chi connectivity index (χ1n) is 14.8. The van der Waals surface area contributed by atoms with Crippen molar-refractivity contribution in [3.8, 4) is 22.3 Å². The van der Waals surface area contributed by atoms with Crippen LogP contribution in [0.15, 0.2) is 150 Å². The van der Waals surface area contributed by atoms with E-state index in [1.165, 1.54) is 70.4 Å². The molecule has 0 saturated carbocycles. The largest absolute Gasteiger partial charge is 0.455 e. The first kappa shape index (κ1) is 23.0. The molecule has 0 aliphatic heterocycles. The first-order chi connectivity index (χ1) is 21.3. The van der Waals surface area contributed by atoms with Gasteiger partial charge in [0.25, 0.3) is 0 Å². The van der Waals surface area contributed by atoms with Crippen molar-refractivity contribution in [2.24, 2.45) is 0 Å². The maximum absolute atomic E-state index is 6.85. The fraction of sp³-hybridized carbons (Fsp3) is 0. The van der Waals surface area contributed by atoms with Crippen LogP contribution in [0.2, 0.25) is 0 Å². The highest BCUT2D eigenvalue weighted by Gasteiger charge is 2.20. The van der Waals surface area contributed by atoms with Crippen molar-refractivity contribution in [1.82, 2.24) is 0 Å². The molecule has 0 atom stereocenters. The molecule has 1 heterocycles. The smallest absolute Gasteiger partial charge is 0.143 e. The van der Waals surface area contributed by atoms with Gasteiger partial charge in [-0.3, -0.25) is 0 Å². The summed E-state index contributed by atoms with van der Waals surface area (Å²) in [7, 11) is 0. The van der Waals surface area contributed by atoms with E-state index in [9.17, 15) is 0 Å². The lowest BCUT2D eigenvalue weighted by Crippen LogP contribution is -1.89. The molecule has 1 nitrogen and oxygen atoms in total. The number of furan rings is 1. The molecule has 9 aromatic carbocycles. The van der Waals surface area contributed by atoms with Gasteiger partial charge in [0.15, 0.2) is 0 Å². The minimum absolute atomic E-state index is 0.918. The van der Waals surface area contributed by atoms with E-state index in [4.69, 9.17) is 4.42 Å². The van der Waals surface area contributed by atoms with Gasteiger partial charge in [-0.2, -0.15) is 0 Å². The van der Waals surface area contributed by atoms with E-state index < -0.39 is 0 Å². The van der Waals surface area contributed by atoms with Gasteiger partial charge in [-0.1, -0.05) is 121 Å². The van der Waals surface area contributed by atoms with E-state index in [0.717, 1.165) is 27.7 Å². The van der Waals surface area contributed by atoms with Crippen LogP contribution >= 0.6 is 0 Å². The fourth-order valence-corrected chi connectivity index (χ4v) is 7.34. The molecule has 0 radical (unpaired) electrons. The summed E-state index contributed by atoms with van der Waals surface area (Å²) in [5.41, 5.74) is 6.56. The Balaban J connectivity index is 1.34. The molecular weight excluding hydrogens is 520 g/mol. The van der Waals surface area contributed by atoms with Crippen LogP contribution in [0.3, 0.4) is 0 Å². The molecule has 43 heavy (non-hydrogen) atoms. The van der Waals surface area contributed by atoms with Crippen molar-refractivity contribution < 1.29 is 4.42 Å². The fourth-order valence-electron chi connectivity index (χ4n) is 7.34. The second-order valence-electron chi connectivity index (χ2n) is 11.7. The van der Waals surface area contributed by atoms with Crippen LogP contribution in [0.4, 0.5) is 0 Å². The van der Waals surface area contributed by atoms with Gasteiger partial charge in [0.2, 0.25) is 0 Å². The van der Waals surface area contributed by atoms with Crippen LogP contribution < -0.4 is 0 Å². The van der Waals surface area contributed by atoms with Gasteiger partial charge in [0.1, 0.15) is 11.2 Å². The standard InChI is InChI=1S/C42H24O/c1-2-7-29-22-32(15-12-25(29)6-1)33-20-21-36(41-37-23-30-8-3-4-9-31(30)24-38(37)43-42(33)41)34-18-16-28-14-13-26-10-5-11-27-17-19-35(34)40(28)39(26)27/h1-24H. The molecular formula is C42H24O. The van der Waals surface area contributed by atoms with E-state index in [2.05, 4.69) is 146 Å². The molecule has 10 rings (SSSR count). The van der Waals surface area contributed by atoms with Crippen molar-refractivity contribution in [3.05, 3.63) is 146 Å². The topological polar surface area (TPSA) is 13.1 Å². The monoisotopic (exact) mass is 544 g/mol. The third-order valence-electron chi connectivity index (χ3n) is 9.37. The predicted molar refractivity (Wildman–Crippen MR) is 183 cm³/mol. The normalized spacial score (nSPS) is 12.2. The molecule has 0 aliphatic carbocycles. The summed E-state index contributed by atoms with van der Waals surface area (Å²) in [6.07, 6.45) is 0. The maximum Gasteiger partial charge on any atom is 0.143 e. The third kappa shape index (κ3) is 3.22. The average Bonchev–Trinajstić information content (AvgIpc) is 3.44. The quantitative estimate of drug-likeness (QED) is 0.197. The Bertz CT molecular complexity index is 2710. The number of fused-ring (bicyclic) bond motifs is 5. The molecule has 1 heteroatoms. The molecule has 198 valence electrons. The predicted octanol–water partition coefficient (Wildman–Crippen LogP) is 12.1. The van der Waals surface area contributed by atoms with Crippen LogP contribution in [0.1, 0.15) is 0 Å². The zero-order chi connectivity index (χ0) is 28.1. The Morgan fingerprint density at radius 3 is 1.72 bits per heavy atom. The molecule has 0 amide bonds. The van der Waals surface area contributed by atoms with Crippen molar-refractivity contribution in [2.45, 2.75) is 0 Å². The number of rotatable bonds is 2. The molecule has 0 N–H and O–H groups in total. The first-order valence-corrected chi connectivity index (χ1v) is 14.8. The zero-order valence-corrected chi connectivity index (χ0v) is 23.3. The lowest BCUT2D eigenvalue weighted by molar-refractivity contribution is 0.670. The van der Waals surface area contributed by atoms with Gasteiger partial charge in [0.05, 0.1) is 0 Å². The summed E-state index contributed by atoms with van der Waals surface area (Å²) < 4.78 is 6.85. The number of hydrogen-bond donors (Lipinski definition) is 0. The third-order valence-corrected chi connectivity index (χ3v) is 9.37. The average molecular weight is 545 g/mol. The molecule has 0 fully saturated rings. The van der Waals surface area contributed by atoms with Crippen LogP contribution in [0, 0.1) is 0 Å².